The molecule has 0 amide bonds. The van der Waals surface area contributed by atoms with Crippen LogP contribution in [0.1, 0.15) is 16.7 Å². The zero-order valence-corrected chi connectivity index (χ0v) is 12.7. The highest BCUT2D eigenvalue weighted by Crippen LogP contribution is 2.28. The van der Waals surface area contributed by atoms with Crippen LogP contribution < -0.4 is 15.0 Å². The van der Waals surface area contributed by atoms with Gasteiger partial charge in [-0.3, -0.25) is 0 Å². The molecule has 1 aliphatic heterocycles. The van der Waals surface area contributed by atoms with E-state index in [-0.39, 0.29) is 0 Å². The quantitative estimate of drug-likeness (QED) is 0.936. The Hall–Kier alpha value is -2.00. The van der Waals surface area contributed by atoms with E-state index < -0.39 is 0 Å². The van der Waals surface area contributed by atoms with E-state index in [9.17, 15) is 0 Å². The average molecular weight is 282 g/mol. The maximum atomic E-state index is 5.39. The molecule has 3 nitrogen and oxygen atoms in total. The first kappa shape index (κ1) is 14.0. The molecule has 0 saturated heterocycles. The number of nitrogens with zero attached hydrogens (tertiary/aromatic N) is 1. The van der Waals surface area contributed by atoms with Crippen molar-refractivity contribution in [2.45, 2.75) is 20.0 Å². The van der Waals surface area contributed by atoms with Gasteiger partial charge in [0.05, 0.1) is 7.11 Å². The maximum absolute atomic E-state index is 5.39. The first-order valence-corrected chi connectivity index (χ1v) is 7.44. The lowest BCUT2D eigenvalue weighted by Crippen LogP contribution is -2.28. The number of ether oxygens (including phenoxy) is 1. The van der Waals surface area contributed by atoms with Gasteiger partial charge in [-0.25, -0.2) is 0 Å². The Bertz CT molecular complexity index is 607. The lowest BCUT2D eigenvalue weighted by Gasteiger charge is -2.25. The van der Waals surface area contributed by atoms with Gasteiger partial charge < -0.3 is 15.0 Å². The second kappa shape index (κ2) is 6.19. The molecule has 0 saturated carbocycles. The fourth-order valence-corrected chi connectivity index (χ4v) is 2.75. The van der Waals surface area contributed by atoms with E-state index in [1.165, 1.54) is 22.4 Å². The number of fused-ring (bicyclic) bond motifs is 1. The van der Waals surface area contributed by atoms with Crippen molar-refractivity contribution in [1.29, 1.82) is 0 Å². The van der Waals surface area contributed by atoms with Gasteiger partial charge in [0.15, 0.2) is 0 Å². The molecule has 0 bridgehead atoms. The van der Waals surface area contributed by atoms with Crippen LogP contribution in [0.3, 0.4) is 0 Å². The van der Waals surface area contributed by atoms with E-state index in [4.69, 9.17) is 4.74 Å². The van der Waals surface area contributed by atoms with E-state index in [2.05, 4.69) is 53.5 Å². The first-order chi connectivity index (χ1) is 10.3. The maximum Gasteiger partial charge on any atom is 0.120 e. The van der Waals surface area contributed by atoms with Crippen LogP contribution in [0.4, 0.5) is 5.69 Å². The number of anilines is 1. The minimum atomic E-state index is 0.920. The molecule has 110 valence electrons. The highest BCUT2D eigenvalue weighted by atomic mass is 16.5. The molecule has 2 aromatic rings. The minimum absolute atomic E-state index is 0.920. The van der Waals surface area contributed by atoms with Crippen LogP contribution in [-0.2, 0) is 13.1 Å². The van der Waals surface area contributed by atoms with Crippen LogP contribution in [0.2, 0.25) is 0 Å². The van der Waals surface area contributed by atoms with Crippen molar-refractivity contribution in [3.05, 3.63) is 59.2 Å². The Labute approximate surface area is 126 Å². The topological polar surface area (TPSA) is 24.5 Å². The van der Waals surface area contributed by atoms with Gasteiger partial charge in [-0.1, -0.05) is 35.9 Å². The van der Waals surface area contributed by atoms with Crippen LogP contribution in [0.25, 0.3) is 0 Å². The number of hydrogen-bond acceptors (Lipinski definition) is 3. The van der Waals surface area contributed by atoms with Crippen molar-refractivity contribution < 1.29 is 4.74 Å². The standard InChI is InChI=1S/C18H22N2O/c1-14-3-5-15(6-4-14)13-20-10-9-19-12-16-7-8-17(21-2)11-18(16)20/h3-8,11,19H,9-10,12-13H2,1-2H3. The van der Waals surface area contributed by atoms with E-state index in [0.717, 1.165) is 31.9 Å². The molecule has 3 heteroatoms. The molecule has 0 unspecified atom stereocenters. The highest BCUT2D eigenvalue weighted by Gasteiger charge is 2.16. The molecular formula is C18H22N2O. The zero-order chi connectivity index (χ0) is 14.7. The Morgan fingerprint density at radius 3 is 2.71 bits per heavy atom. The number of hydrogen-bond donors (Lipinski definition) is 1. The third-order valence-electron chi connectivity index (χ3n) is 4.00. The minimum Gasteiger partial charge on any atom is -0.497 e. The van der Waals surface area contributed by atoms with Crippen LogP contribution in [0, 0.1) is 6.92 Å². The van der Waals surface area contributed by atoms with Crippen LogP contribution in [-0.4, -0.2) is 20.2 Å². The smallest absolute Gasteiger partial charge is 0.120 e. The number of methoxy groups -OCH3 is 1. The SMILES string of the molecule is COc1ccc2c(c1)N(Cc1ccc(C)cc1)CCNC2. The number of rotatable bonds is 3. The van der Waals surface area contributed by atoms with Gasteiger partial charge in [0.25, 0.3) is 0 Å². The summed E-state index contributed by atoms with van der Waals surface area (Å²) in [5.74, 6) is 0.921. The average Bonchev–Trinajstić information content (AvgIpc) is 2.71. The van der Waals surface area contributed by atoms with Crippen LogP contribution in [0.15, 0.2) is 42.5 Å². The van der Waals surface area contributed by atoms with Gasteiger partial charge >= 0.3 is 0 Å². The largest absolute Gasteiger partial charge is 0.497 e. The predicted octanol–water partition coefficient (Wildman–Crippen LogP) is 3.11. The van der Waals surface area contributed by atoms with Crippen molar-refractivity contribution in [2.24, 2.45) is 0 Å². The third kappa shape index (κ3) is 3.19. The van der Waals surface area contributed by atoms with Crippen LogP contribution >= 0.6 is 0 Å². The van der Waals surface area contributed by atoms with Gasteiger partial charge in [0.2, 0.25) is 0 Å². The van der Waals surface area contributed by atoms with Gasteiger partial charge in [0.1, 0.15) is 5.75 Å². The molecule has 0 fully saturated rings. The second-order valence-corrected chi connectivity index (χ2v) is 5.58. The summed E-state index contributed by atoms with van der Waals surface area (Å²) in [5.41, 5.74) is 5.26. The summed E-state index contributed by atoms with van der Waals surface area (Å²) >= 11 is 0. The molecular weight excluding hydrogens is 260 g/mol. The van der Waals surface area contributed by atoms with Gasteiger partial charge in [0, 0.05) is 37.9 Å². The van der Waals surface area contributed by atoms with Crippen molar-refractivity contribution in [1.82, 2.24) is 5.32 Å². The van der Waals surface area contributed by atoms with Crippen molar-refractivity contribution >= 4 is 5.69 Å². The third-order valence-corrected chi connectivity index (χ3v) is 4.00. The lowest BCUT2D eigenvalue weighted by atomic mass is 10.1. The second-order valence-electron chi connectivity index (χ2n) is 5.58. The van der Waals surface area contributed by atoms with Crippen molar-refractivity contribution in [3.8, 4) is 5.75 Å². The predicted molar refractivity (Wildman–Crippen MR) is 86.9 cm³/mol. The Morgan fingerprint density at radius 2 is 1.95 bits per heavy atom. The van der Waals surface area contributed by atoms with Crippen molar-refractivity contribution in [2.75, 3.05) is 25.1 Å². The molecule has 3 rings (SSSR count). The fraction of sp³-hybridized carbons (Fsp3) is 0.333. The van der Waals surface area contributed by atoms with Gasteiger partial charge in [-0.05, 0) is 24.1 Å². The fourth-order valence-electron chi connectivity index (χ4n) is 2.75. The number of aryl methyl sites for hydroxylation is 1. The molecule has 0 atom stereocenters. The lowest BCUT2D eigenvalue weighted by molar-refractivity contribution is 0.414. The summed E-state index contributed by atoms with van der Waals surface area (Å²) in [5, 5.41) is 3.48. The summed E-state index contributed by atoms with van der Waals surface area (Å²) in [7, 11) is 1.72. The summed E-state index contributed by atoms with van der Waals surface area (Å²) in [6.45, 7) is 5.99. The van der Waals surface area contributed by atoms with Gasteiger partial charge in [-0.2, -0.15) is 0 Å². The van der Waals surface area contributed by atoms with Crippen molar-refractivity contribution in [3.63, 3.8) is 0 Å². The number of nitrogens with one attached hydrogen (secondary N) is 1. The molecule has 0 radical (unpaired) electrons. The Morgan fingerprint density at radius 1 is 1.14 bits per heavy atom. The van der Waals surface area contributed by atoms with Gasteiger partial charge in [-0.15, -0.1) is 0 Å². The molecule has 21 heavy (non-hydrogen) atoms. The van der Waals surface area contributed by atoms with E-state index in [1.807, 2.05) is 6.07 Å². The zero-order valence-electron chi connectivity index (χ0n) is 12.7. The summed E-state index contributed by atoms with van der Waals surface area (Å²) in [4.78, 5) is 2.43. The molecule has 1 N–H and O–H groups in total. The normalized spacial score (nSPS) is 14.5. The summed E-state index contributed by atoms with van der Waals surface area (Å²) < 4.78 is 5.39. The van der Waals surface area contributed by atoms with E-state index >= 15 is 0 Å². The first-order valence-electron chi connectivity index (χ1n) is 7.44. The number of benzene rings is 2. The molecule has 1 heterocycles. The molecule has 2 aromatic carbocycles. The Kier molecular flexibility index (Phi) is 4.11. The summed E-state index contributed by atoms with van der Waals surface area (Å²) in [6.07, 6.45) is 0. The van der Waals surface area contributed by atoms with Crippen LogP contribution in [0.5, 0.6) is 5.75 Å². The van der Waals surface area contributed by atoms with E-state index in [0.29, 0.717) is 0 Å². The molecule has 0 spiro atoms. The molecule has 0 aromatic heterocycles. The summed E-state index contributed by atoms with van der Waals surface area (Å²) in [6, 6.07) is 15.1. The Balaban J connectivity index is 1.90. The highest BCUT2D eigenvalue weighted by molar-refractivity contribution is 5.58. The molecule has 0 aliphatic carbocycles. The molecule has 1 aliphatic rings. The monoisotopic (exact) mass is 282 g/mol. The van der Waals surface area contributed by atoms with E-state index in [1.54, 1.807) is 7.11 Å².